The van der Waals surface area contributed by atoms with Crippen LogP contribution in [0.4, 0.5) is 16.2 Å². The topological polar surface area (TPSA) is 75.5 Å². The van der Waals surface area contributed by atoms with Crippen LogP contribution in [0.2, 0.25) is 5.02 Å². The van der Waals surface area contributed by atoms with Crippen molar-refractivity contribution in [2.75, 3.05) is 12.4 Å². The van der Waals surface area contributed by atoms with E-state index in [4.69, 9.17) is 11.6 Å². The molecule has 0 saturated heterocycles. The van der Waals surface area contributed by atoms with Gasteiger partial charge in [-0.15, -0.1) is 0 Å². The summed E-state index contributed by atoms with van der Waals surface area (Å²) in [6.07, 6.45) is 0.831. The first-order valence-electron chi connectivity index (χ1n) is 5.84. The van der Waals surface area contributed by atoms with Gasteiger partial charge in [0.2, 0.25) is 0 Å². The molecule has 19 heavy (non-hydrogen) atoms. The first-order chi connectivity index (χ1) is 8.86. The number of halogens is 1. The molecule has 0 aliphatic heterocycles. The van der Waals surface area contributed by atoms with Crippen LogP contribution in [0.25, 0.3) is 0 Å². The zero-order valence-corrected chi connectivity index (χ0v) is 11.8. The lowest BCUT2D eigenvalue weighted by atomic mass is 10.2. The summed E-state index contributed by atoms with van der Waals surface area (Å²) in [4.78, 5) is 23.5. The zero-order valence-electron chi connectivity index (χ0n) is 11.0. The number of carbonyl (C=O) groups is 1. The van der Waals surface area contributed by atoms with E-state index < -0.39 is 4.92 Å². The van der Waals surface area contributed by atoms with Gasteiger partial charge >= 0.3 is 6.03 Å². The van der Waals surface area contributed by atoms with Crippen molar-refractivity contribution in [2.24, 2.45) is 0 Å². The molecule has 0 radical (unpaired) electrons. The van der Waals surface area contributed by atoms with E-state index in [2.05, 4.69) is 5.32 Å². The Bertz CT molecular complexity index is 493. The number of carbonyl (C=O) groups excluding carboxylic acids is 1. The van der Waals surface area contributed by atoms with E-state index in [0.29, 0.717) is 5.69 Å². The van der Waals surface area contributed by atoms with Crippen molar-refractivity contribution in [3.63, 3.8) is 0 Å². The fourth-order valence-electron chi connectivity index (χ4n) is 1.40. The van der Waals surface area contributed by atoms with Gasteiger partial charge in [0.05, 0.1) is 15.6 Å². The van der Waals surface area contributed by atoms with Gasteiger partial charge in [0.25, 0.3) is 5.69 Å². The highest BCUT2D eigenvalue weighted by molar-refractivity contribution is 6.33. The molecule has 1 rings (SSSR count). The highest BCUT2D eigenvalue weighted by atomic mass is 35.5. The SMILES string of the molecule is CCC(C)N(C)C(=O)Nc1ccc([N+](=O)[O-])cc1Cl. The molecule has 0 heterocycles. The zero-order chi connectivity index (χ0) is 14.6. The van der Waals surface area contributed by atoms with E-state index >= 15 is 0 Å². The number of amides is 2. The van der Waals surface area contributed by atoms with Gasteiger partial charge in [-0.05, 0) is 19.4 Å². The van der Waals surface area contributed by atoms with Crippen molar-refractivity contribution in [1.82, 2.24) is 4.90 Å². The quantitative estimate of drug-likeness (QED) is 0.679. The van der Waals surface area contributed by atoms with Crippen LogP contribution in [0.1, 0.15) is 20.3 Å². The Morgan fingerprint density at radius 2 is 2.21 bits per heavy atom. The summed E-state index contributed by atoms with van der Waals surface area (Å²) in [6.45, 7) is 3.91. The molecule has 7 heteroatoms. The van der Waals surface area contributed by atoms with Gasteiger partial charge in [0.1, 0.15) is 0 Å². The second kappa shape index (κ2) is 6.38. The van der Waals surface area contributed by atoms with Crippen LogP contribution in [0, 0.1) is 10.1 Å². The van der Waals surface area contributed by atoms with E-state index in [1.54, 1.807) is 11.9 Å². The van der Waals surface area contributed by atoms with Crippen LogP contribution in [0.5, 0.6) is 0 Å². The molecule has 6 nitrogen and oxygen atoms in total. The summed E-state index contributed by atoms with van der Waals surface area (Å²) < 4.78 is 0. The largest absolute Gasteiger partial charge is 0.325 e. The van der Waals surface area contributed by atoms with E-state index in [1.165, 1.54) is 18.2 Å². The summed E-state index contributed by atoms with van der Waals surface area (Å²) in [5.74, 6) is 0. The number of benzene rings is 1. The molecule has 0 bridgehead atoms. The third kappa shape index (κ3) is 3.82. The summed E-state index contributed by atoms with van der Waals surface area (Å²) in [5.41, 5.74) is 0.241. The maximum atomic E-state index is 11.9. The van der Waals surface area contributed by atoms with E-state index in [9.17, 15) is 14.9 Å². The molecular weight excluding hydrogens is 270 g/mol. The number of nitro groups is 1. The molecule has 0 saturated carbocycles. The average molecular weight is 286 g/mol. The highest BCUT2D eigenvalue weighted by Gasteiger charge is 2.16. The summed E-state index contributed by atoms with van der Waals surface area (Å²) in [7, 11) is 1.68. The first kappa shape index (κ1) is 15.2. The number of hydrogen-bond acceptors (Lipinski definition) is 3. The minimum Gasteiger partial charge on any atom is -0.325 e. The molecule has 2 amide bonds. The lowest BCUT2D eigenvalue weighted by molar-refractivity contribution is -0.384. The van der Waals surface area contributed by atoms with Gasteiger partial charge in [-0.2, -0.15) is 0 Å². The minimum atomic E-state index is -0.539. The standard InChI is InChI=1S/C12H16ClN3O3/c1-4-8(2)15(3)12(17)14-11-6-5-9(16(18)19)7-10(11)13/h5-8H,4H2,1-3H3,(H,14,17). The fraction of sp³-hybridized carbons (Fsp3) is 0.417. The normalized spacial score (nSPS) is 11.8. The molecule has 1 unspecified atom stereocenters. The van der Waals surface area contributed by atoms with Crippen LogP contribution in [0.3, 0.4) is 0 Å². The smallest absolute Gasteiger partial charge is 0.321 e. The van der Waals surface area contributed by atoms with E-state index in [1.807, 2.05) is 13.8 Å². The maximum absolute atomic E-state index is 11.9. The van der Waals surface area contributed by atoms with E-state index in [0.717, 1.165) is 6.42 Å². The van der Waals surface area contributed by atoms with Crippen molar-refractivity contribution >= 4 is 29.0 Å². The molecule has 0 aliphatic carbocycles. The van der Waals surface area contributed by atoms with Crippen molar-refractivity contribution < 1.29 is 9.72 Å². The number of nitrogens with zero attached hydrogens (tertiary/aromatic N) is 2. The molecule has 0 spiro atoms. The highest BCUT2D eigenvalue weighted by Crippen LogP contribution is 2.26. The number of non-ortho nitro benzene ring substituents is 1. The monoisotopic (exact) mass is 285 g/mol. The van der Waals surface area contributed by atoms with Gasteiger partial charge in [0, 0.05) is 25.2 Å². The summed E-state index contributed by atoms with van der Waals surface area (Å²) >= 11 is 5.90. The Kier molecular flexibility index (Phi) is 5.11. The Morgan fingerprint density at radius 1 is 1.58 bits per heavy atom. The van der Waals surface area contributed by atoms with Gasteiger partial charge in [0.15, 0.2) is 0 Å². The molecule has 0 aromatic heterocycles. The third-order valence-electron chi connectivity index (χ3n) is 2.98. The van der Waals surface area contributed by atoms with Crippen LogP contribution < -0.4 is 5.32 Å². The first-order valence-corrected chi connectivity index (χ1v) is 6.22. The number of rotatable bonds is 4. The molecular formula is C12H16ClN3O3. The lowest BCUT2D eigenvalue weighted by Gasteiger charge is -2.24. The minimum absolute atomic E-state index is 0.0943. The average Bonchev–Trinajstić information content (AvgIpc) is 2.38. The van der Waals surface area contributed by atoms with Crippen LogP contribution in [0.15, 0.2) is 18.2 Å². The Balaban J connectivity index is 2.83. The number of nitrogens with one attached hydrogen (secondary N) is 1. The van der Waals surface area contributed by atoms with Crippen molar-refractivity contribution in [2.45, 2.75) is 26.3 Å². The third-order valence-corrected chi connectivity index (χ3v) is 3.29. The Labute approximate surface area is 116 Å². The number of anilines is 1. The number of nitro benzene ring substituents is 1. The van der Waals surface area contributed by atoms with Gasteiger partial charge < -0.3 is 10.2 Å². The lowest BCUT2D eigenvalue weighted by Crippen LogP contribution is -2.37. The van der Waals surface area contributed by atoms with Crippen LogP contribution >= 0.6 is 11.6 Å². The molecule has 1 atom stereocenters. The second-order valence-corrected chi connectivity index (χ2v) is 4.63. The summed E-state index contributed by atoms with van der Waals surface area (Å²) in [5, 5.41) is 13.3. The van der Waals surface area contributed by atoms with Gasteiger partial charge in [-0.1, -0.05) is 18.5 Å². The van der Waals surface area contributed by atoms with Gasteiger partial charge in [-0.25, -0.2) is 4.79 Å². The summed E-state index contributed by atoms with van der Waals surface area (Å²) in [6, 6.07) is 3.72. The fourth-order valence-corrected chi connectivity index (χ4v) is 1.62. The van der Waals surface area contributed by atoms with Crippen molar-refractivity contribution in [3.05, 3.63) is 33.3 Å². The molecule has 1 N–H and O–H groups in total. The maximum Gasteiger partial charge on any atom is 0.321 e. The van der Waals surface area contributed by atoms with Crippen molar-refractivity contribution in [1.29, 1.82) is 0 Å². The van der Waals surface area contributed by atoms with Crippen molar-refractivity contribution in [3.8, 4) is 0 Å². The predicted molar refractivity (Wildman–Crippen MR) is 74.6 cm³/mol. The Morgan fingerprint density at radius 3 is 2.68 bits per heavy atom. The molecule has 0 fully saturated rings. The van der Waals surface area contributed by atoms with E-state index in [-0.39, 0.29) is 22.8 Å². The second-order valence-electron chi connectivity index (χ2n) is 4.22. The predicted octanol–water partition coefficient (Wildman–Crippen LogP) is 3.51. The molecule has 1 aromatic rings. The number of hydrogen-bond donors (Lipinski definition) is 1. The van der Waals surface area contributed by atoms with Crippen LogP contribution in [-0.2, 0) is 0 Å². The molecule has 1 aromatic carbocycles. The van der Waals surface area contributed by atoms with Gasteiger partial charge in [-0.3, -0.25) is 10.1 Å². The molecule has 104 valence electrons. The molecule has 0 aliphatic rings. The van der Waals surface area contributed by atoms with Crippen LogP contribution in [-0.4, -0.2) is 28.9 Å². The number of urea groups is 1. The Hall–Kier alpha value is -1.82.